The topological polar surface area (TPSA) is 160 Å². The number of rotatable bonds is 34. The van der Waals surface area contributed by atoms with E-state index in [1.165, 1.54) is 51.4 Å². The number of carbonyl (C=O) groups excluding carboxylic acids is 2. The summed E-state index contributed by atoms with van der Waals surface area (Å²) in [7, 11) is -4.81. The largest absolute Gasteiger partial charge is 0.469 e. The van der Waals surface area contributed by atoms with Crippen LogP contribution in [0.2, 0.25) is 0 Å². The van der Waals surface area contributed by atoms with Gasteiger partial charge >= 0.3 is 19.8 Å². The number of unbranched alkanes of at least 4 members (excludes halogenated alkanes) is 11. The molecule has 0 saturated carbocycles. The van der Waals surface area contributed by atoms with Crippen molar-refractivity contribution in [3.05, 3.63) is 48.6 Å². The van der Waals surface area contributed by atoms with E-state index >= 15 is 0 Å². The Balaban J connectivity index is 4.22. The van der Waals surface area contributed by atoms with Crippen LogP contribution in [0, 0.1) is 5.92 Å². The molecule has 296 valence electrons. The number of phosphoric ester groups is 1. The Morgan fingerprint density at radius 2 is 1.16 bits per heavy atom. The number of phosphoric acid groups is 1. The minimum atomic E-state index is -4.81. The zero-order valence-corrected chi connectivity index (χ0v) is 32.8. The second-order valence-corrected chi connectivity index (χ2v) is 14.8. The predicted octanol–water partition coefficient (Wildman–Crippen LogP) is 9.37. The molecular weight excluding hydrogens is 671 g/mol. The Morgan fingerprint density at radius 1 is 0.647 bits per heavy atom. The van der Waals surface area contributed by atoms with Crippen LogP contribution in [0.15, 0.2) is 48.6 Å². The zero-order chi connectivity index (χ0) is 38.0. The van der Waals surface area contributed by atoms with Crippen molar-refractivity contribution < 1.29 is 48.2 Å². The molecule has 0 fully saturated rings. The summed E-state index contributed by atoms with van der Waals surface area (Å²) in [5.74, 6) is -0.282. The van der Waals surface area contributed by atoms with E-state index in [-0.39, 0.29) is 19.4 Å². The quantitative estimate of drug-likeness (QED) is 0.0217. The fourth-order valence-corrected chi connectivity index (χ4v) is 5.57. The lowest BCUT2D eigenvalue weighted by Crippen LogP contribution is -2.29. The first-order chi connectivity index (χ1) is 24.5. The van der Waals surface area contributed by atoms with Crippen LogP contribution in [0.25, 0.3) is 0 Å². The molecule has 0 spiro atoms. The molecule has 0 aliphatic rings. The van der Waals surface area contributed by atoms with E-state index in [0.29, 0.717) is 25.7 Å². The van der Waals surface area contributed by atoms with Crippen molar-refractivity contribution in [2.45, 2.75) is 174 Å². The maximum absolute atomic E-state index is 12.4. The summed E-state index contributed by atoms with van der Waals surface area (Å²) in [6.07, 6.45) is 31.9. The maximum atomic E-state index is 12.4. The van der Waals surface area contributed by atoms with E-state index in [2.05, 4.69) is 25.3 Å². The van der Waals surface area contributed by atoms with Gasteiger partial charge in [-0.25, -0.2) is 4.57 Å². The third-order valence-electron chi connectivity index (χ3n) is 8.60. The molecule has 1 unspecified atom stereocenters. The Labute approximate surface area is 309 Å². The van der Waals surface area contributed by atoms with Gasteiger partial charge in [-0.15, -0.1) is 0 Å². The highest BCUT2D eigenvalue weighted by Crippen LogP contribution is 2.36. The maximum Gasteiger partial charge on any atom is 0.469 e. The van der Waals surface area contributed by atoms with Crippen molar-refractivity contribution in [2.24, 2.45) is 5.92 Å². The molecule has 11 heteroatoms. The molecule has 51 heavy (non-hydrogen) atoms. The lowest BCUT2D eigenvalue weighted by Gasteiger charge is -2.18. The van der Waals surface area contributed by atoms with Gasteiger partial charge in [0.15, 0.2) is 6.10 Å². The fourth-order valence-electron chi connectivity index (χ4n) is 5.21. The number of aliphatic hydroxyl groups is 2. The van der Waals surface area contributed by atoms with Gasteiger partial charge in [0.05, 0.1) is 18.8 Å². The number of carbonyl (C=O) groups is 2. The third-order valence-corrected chi connectivity index (χ3v) is 9.08. The SMILES string of the molecule is CCCCC[C@H](O)/C=C/C=C\C/C=C\C=C\[C@H](O)CCCC(=O)OC[C@H](COP(=O)(O)O)OC(=O)CCCCCCCCCCCCC(C)CC. The average molecular weight is 743 g/mol. The zero-order valence-electron chi connectivity index (χ0n) is 31.9. The Kier molecular flexibility index (Phi) is 32.4. The summed E-state index contributed by atoms with van der Waals surface area (Å²) >= 11 is 0. The summed E-state index contributed by atoms with van der Waals surface area (Å²) in [6.45, 7) is 5.71. The van der Waals surface area contributed by atoms with Gasteiger partial charge in [0, 0.05) is 12.8 Å². The molecule has 0 rings (SSSR count). The van der Waals surface area contributed by atoms with Crippen molar-refractivity contribution in [3.63, 3.8) is 0 Å². The monoisotopic (exact) mass is 742 g/mol. The highest BCUT2D eigenvalue weighted by molar-refractivity contribution is 7.46. The highest BCUT2D eigenvalue weighted by atomic mass is 31.2. The predicted molar refractivity (Wildman–Crippen MR) is 205 cm³/mol. The first-order valence-electron chi connectivity index (χ1n) is 19.5. The number of hydrogen-bond donors (Lipinski definition) is 4. The molecule has 0 aromatic heterocycles. The van der Waals surface area contributed by atoms with Gasteiger partial charge < -0.3 is 29.5 Å². The molecule has 0 saturated heterocycles. The summed E-state index contributed by atoms with van der Waals surface area (Å²) in [5.41, 5.74) is 0. The molecule has 4 N–H and O–H groups in total. The van der Waals surface area contributed by atoms with Crippen molar-refractivity contribution in [3.8, 4) is 0 Å². The summed E-state index contributed by atoms with van der Waals surface area (Å²) < 4.78 is 26.2. The minimum Gasteiger partial charge on any atom is -0.462 e. The number of esters is 2. The number of aliphatic hydroxyl groups excluding tert-OH is 2. The molecule has 0 aliphatic carbocycles. The summed E-state index contributed by atoms with van der Waals surface area (Å²) in [6, 6.07) is 0. The molecule has 0 bridgehead atoms. The Bertz CT molecular complexity index is 1020. The van der Waals surface area contributed by atoms with Gasteiger partial charge in [-0.05, 0) is 38.0 Å². The lowest BCUT2D eigenvalue weighted by atomic mass is 9.99. The third kappa shape index (κ3) is 36.1. The minimum absolute atomic E-state index is 0.0185. The second-order valence-electron chi connectivity index (χ2n) is 13.6. The van der Waals surface area contributed by atoms with Crippen LogP contribution in [-0.4, -0.2) is 63.5 Å². The van der Waals surface area contributed by atoms with Crippen LogP contribution in [0.1, 0.15) is 156 Å². The Hall–Kier alpha value is -2.07. The van der Waals surface area contributed by atoms with Crippen LogP contribution in [-0.2, 0) is 28.2 Å². The van der Waals surface area contributed by atoms with Crippen molar-refractivity contribution in [1.29, 1.82) is 0 Å². The molecule has 4 atom stereocenters. The van der Waals surface area contributed by atoms with Gasteiger partial charge in [0.25, 0.3) is 0 Å². The molecule has 0 heterocycles. The smallest absolute Gasteiger partial charge is 0.462 e. The van der Waals surface area contributed by atoms with E-state index in [0.717, 1.165) is 50.9 Å². The van der Waals surface area contributed by atoms with Gasteiger partial charge in [0.2, 0.25) is 0 Å². The van der Waals surface area contributed by atoms with E-state index in [1.54, 1.807) is 18.2 Å². The fraction of sp³-hybridized carbons (Fsp3) is 0.750. The van der Waals surface area contributed by atoms with Crippen LogP contribution in [0.5, 0.6) is 0 Å². The molecular formula is C40H71O10P. The van der Waals surface area contributed by atoms with Crippen LogP contribution >= 0.6 is 7.82 Å². The Morgan fingerprint density at radius 3 is 1.71 bits per heavy atom. The van der Waals surface area contributed by atoms with Gasteiger partial charge in [0.1, 0.15) is 6.61 Å². The van der Waals surface area contributed by atoms with Gasteiger partial charge in [-0.3, -0.25) is 14.1 Å². The van der Waals surface area contributed by atoms with E-state index in [4.69, 9.17) is 19.3 Å². The summed E-state index contributed by atoms with van der Waals surface area (Å²) in [5, 5.41) is 20.0. The molecule has 0 aromatic rings. The standard InChI is InChI=1S/C40H71O10P/c1-4-6-20-27-36(41)28-22-17-13-11-14-18-23-29-37(42)30-25-32-39(43)48-33-38(34-49-51(45,46)47)50-40(44)31-24-19-15-10-8-7-9-12-16-21-26-35(3)5-2/h13-14,17-18,22-23,28-29,35-38,41-42H,4-12,15-16,19-21,24-27,30-34H2,1-3H3,(H2,45,46,47)/b17-13-,18-14-,28-22+,29-23+/t35?,36-,37-,38+/m0/s1. The highest BCUT2D eigenvalue weighted by Gasteiger charge is 2.23. The van der Waals surface area contributed by atoms with E-state index in [9.17, 15) is 24.4 Å². The summed E-state index contributed by atoms with van der Waals surface area (Å²) in [4.78, 5) is 42.7. The average Bonchev–Trinajstić information content (AvgIpc) is 3.08. The second kappa shape index (κ2) is 33.7. The van der Waals surface area contributed by atoms with Gasteiger partial charge in [-0.2, -0.15) is 0 Å². The van der Waals surface area contributed by atoms with Crippen LogP contribution < -0.4 is 0 Å². The lowest BCUT2D eigenvalue weighted by molar-refractivity contribution is -0.161. The van der Waals surface area contributed by atoms with Crippen LogP contribution in [0.4, 0.5) is 0 Å². The number of ether oxygens (including phenoxy) is 2. The van der Waals surface area contributed by atoms with Crippen molar-refractivity contribution >= 4 is 19.8 Å². The van der Waals surface area contributed by atoms with Crippen LogP contribution in [0.3, 0.4) is 0 Å². The molecule has 0 amide bonds. The van der Waals surface area contributed by atoms with E-state index in [1.807, 2.05) is 30.4 Å². The van der Waals surface area contributed by atoms with E-state index < -0.39 is 44.7 Å². The first kappa shape index (κ1) is 48.9. The molecule has 10 nitrogen and oxygen atoms in total. The first-order valence-corrected chi connectivity index (χ1v) is 21.1. The van der Waals surface area contributed by atoms with Crippen molar-refractivity contribution in [2.75, 3.05) is 13.2 Å². The molecule has 0 radical (unpaired) electrons. The van der Waals surface area contributed by atoms with Gasteiger partial charge in [-0.1, -0.05) is 159 Å². The number of allylic oxidation sites excluding steroid dienone is 6. The molecule has 0 aromatic carbocycles. The number of hydrogen-bond acceptors (Lipinski definition) is 8. The molecule has 0 aliphatic heterocycles. The van der Waals surface area contributed by atoms with Crippen molar-refractivity contribution in [1.82, 2.24) is 0 Å². The normalized spacial score (nSPS) is 14.9.